The molecule has 0 saturated heterocycles. The minimum Gasteiger partial charge on any atom is -0.339 e. The number of hydrogen-bond donors (Lipinski definition) is 0. The Balaban J connectivity index is 1.79. The highest BCUT2D eigenvalue weighted by atomic mass is 32.1. The Kier molecular flexibility index (Phi) is 6.33. The number of amides is 1. The minimum atomic E-state index is 0.0778. The van der Waals surface area contributed by atoms with Gasteiger partial charge in [0, 0.05) is 36.3 Å². The predicted molar refractivity (Wildman–Crippen MR) is 129 cm³/mol. The van der Waals surface area contributed by atoms with Crippen molar-refractivity contribution in [2.45, 2.75) is 27.3 Å². The van der Waals surface area contributed by atoms with Gasteiger partial charge < -0.3 is 9.47 Å². The molecule has 0 spiro atoms. The molecule has 0 saturated carbocycles. The van der Waals surface area contributed by atoms with Gasteiger partial charge in [-0.05, 0) is 32.4 Å². The van der Waals surface area contributed by atoms with Crippen LogP contribution in [0, 0.1) is 6.92 Å². The van der Waals surface area contributed by atoms with Crippen LogP contribution in [0.25, 0.3) is 22.0 Å². The van der Waals surface area contributed by atoms with Crippen molar-refractivity contribution in [1.82, 2.24) is 14.5 Å². The molecule has 0 fully saturated rings. The number of aromatic nitrogens is 2. The summed E-state index contributed by atoms with van der Waals surface area (Å²) < 4.78 is 2.22. The molecule has 0 atom stereocenters. The highest BCUT2D eigenvalue weighted by molar-refractivity contribution is 7.13. The van der Waals surface area contributed by atoms with Gasteiger partial charge in [-0.2, -0.15) is 0 Å². The molecule has 0 aliphatic heterocycles. The third-order valence-electron chi connectivity index (χ3n) is 5.62. The molecule has 1 amide bonds. The van der Waals surface area contributed by atoms with Crippen LogP contribution in [0.3, 0.4) is 0 Å². The number of thiazole rings is 1. The van der Waals surface area contributed by atoms with Crippen molar-refractivity contribution < 1.29 is 4.79 Å². The quantitative estimate of drug-likeness (QED) is 0.355. The van der Waals surface area contributed by atoms with Crippen molar-refractivity contribution in [3.63, 3.8) is 0 Å². The number of nitrogens with zero attached hydrogens (tertiary/aromatic N) is 3. The van der Waals surface area contributed by atoms with Gasteiger partial charge in [0.1, 0.15) is 5.01 Å². The molecule has 0 aliphatic carbocycles. The maximum atomic E-state index is 13.2. The molecule has 0 unspecified atom stereocenters. The SMILES string of the molecule is CCN(CC)C(=O)c1cc(-c2csc(-c3ccccc3)n2)n(Cc2ccccc2)c1C. The first-order valence-corrected chi connectivity index (χ1v) is 11.5. The Hall–Kier alpha value is -3.18. The lowest BCUT2D eigenvalue weighted by Gasteiger charge is -2.18. The van der Waals surface area contributed by atoms with Gasteiger partial charge in [-0.3, -0.25) is 4.79 Å². The van der Waals surface area contributed by atoms with Gasteiger partial charge in [0.05, 0.1) is 17.0 Å². The number of carbonyl (C=O) groups excluding carboxylic acids is 1. The van der Waals surface area contributed by atoms with E-state index in [0.29, 0.717) is 19.6 Å². The largest absolute Gasteiger partial charge is 0.339 e. The fourth-order valence-corrected chi connectivity index (χ4v) is 4.65. The van der Waals surface area contributed by atoms with Gasteiger partial charge in [-0.15, -0.1) is 11.3 Å². The van der Waals surface area contributed by atoms with E-state index in [4.69, 9.17) is 4.98 Å². The summed E-state index contributed by atoms with van der Waals surface area (Å²) in [7, 11) is 0. The molecule has 4 nitrogen and oxygen atoms in total. The molecular weight excluding hydrogens is 402 g/mol. The second kappa shape index (κ2) is 9.31. The summed E-state index contributed by atoms with van der Waals surface area (Å²) in [6.45, 7) is 8.17. The predicted octanol–water partition coefficient (Wildman–Crippen LogP) is 6.12. The average Bonchev–Trinajstić information content (AvgIpc) is 3.41. The number of carbonyl (C=O) groups is 1. The minimum absolute atomic E-state index is 0.0778. The molecular formula is C26H27N3OS. The highest BCUT2D eigenvalue weighted by Gasteiger charge is 2.23. The van der Waals surface area contributed by atoms with E-state index < -0.39 is 0 Å². The third-order valence-corrected chi connectivity index (χ3v) is 6.51. The van der Waals surface area contributed by atoms with Gasteiger partial charge >= 0.3 is 0 Å². The summed E-state index contributed by atoms with van der Waals surface area (Å²) in [5, 5.41) is 3.07. The first-order valence-electron chi connectivity index (χ1n) is 10.7. The molecule has 5 heteroatoms. The Morgan fingerprint density at radius 3 is 2.29 bits per heavy atom. The lowest BCUT2D eigenvalue weighted by atomic mass is 10.2. The molecule has 31 heavy (non-hydrogen) atoms. The van der Waals surface area contributed by atoms with Crippen molar-refractivity contribution in [3.8, 4) is 22.0 Å². The van der Waals surface area contributed by atoms with E-state index in [1.807, 2.05) is 68.1 Å². The summed E-state index contributed by atoms with van der Waals surface area (Å²) in [5.41, 5.74) is 5.92. The van der Waals surface area contributed by atoms with Crippen LogP contribution in [0.5, 0.6) is 0 Å². The van der Waals surface area contributed by atoms with Gasteiger partial charge in [0.25, 0.3) is 5.91 Å². The van der Waals surface area contributed by atoms with Crippen LogP contribution in [0.15, 0.2) is 72.1 Å². The normalized spacial score (nSPS) is 10.9. The van der Waals surface area contributed by atoms with E-state index in [-0.39, 0.29) is 5.91 Å². The molecule has 2 aromatic carbocycles. The Morgan fingerprint density at radius 2 is 1.65 bits per heavy atom. The standard InChI is InChI=1S/C26H27N3OS/c1-4-28(5-2)26(30)22-16-24(29(19(22)3)17-20-12-8-6-9-13-20)23-18-31-25(27-23)21-14-10-7-11-15-21/h6-16,18H,4-5,17H2,1-3H3. The van der Waals surface area contributed by atoms with Crippen molar-refractivity contribution in [1.29, 1.82) is 0 Å². The number of benzene rings is 2. The zero-order valence-electron chi connectivity index (χ0n) is 18.2. The van der Waals surface area contributed by atoms with Crippen LogP contribution in [0.1, 0.15) is 35.5 Å². The fourth-order valence-electron chi connectivity index (χ4n) is 3.83. The van der Waals surface area contributed by atoms with Gasteiger partial charge in [-0.1, -0.05) is 60.7 Å². The molecule has 2 aromatic heterocycles. The summed E-state index contributed by atoms with van der Waals surface area (Å²) in [5.74, 6) is 0.0778. The number of rotatable bonds is 7. The molecule has 4 rings (SSSR count). The lowest BCUT2D eigenvalue weighted by Crippen LogP contribution is -2.30. The maximum absolute atomic E-state index is 13.2. The zero-order valence-corrected chi connectivity index (χ0v) is 19.0. The average molecular weight is 430 g/mol. The summed E-state index contributed by atoms with van der Waals surface area (Å²) in [4.78, 5) is 20.0. The smallest absolute Gasteiger partial charge is 0.255 e. The summed E-state index contributed by atoms with van der Waals surface area (Å²) >= 11 is 1.63. The van der Waals surface area contributed by atoms with Crippen LogP contribution in [-0.2, 0) is 6.54 Å². The Labute approximate surface area is 187 Å². The van der Waals surface area contributed by atoms with Crippen LogP contribution in [0.4, 0.5) is 0 Å². The van der Waals surface area contributed by atoms with E-state index >= 15 is 0 Å². The molecule has 0 aliphatic rings. The first kappa shape index (κ1) is 21.1. The fraction of sp³-hybridized carbons (Fsp3) is 0.231. The molecule has 2 heterocycles. The van der Waals surface area contributed by atoms with E-state index in [1.54, 1.807) is 11.3 Å². The van der Waals surface area contributed by atoms with Crippen molar-refractivity contribution in [2.24, 2.45) is 0 Å². The van der Waals surface area contributed by atoms with Gasteiger partial charge in [0.15, 0.2) is 0 Å². The van der Waals surface area contributed by atoms with Crippen LogP contribution in [0.2, 0.25) is 0 Å². The van der Waals surface area contributed by atoms with Crippen LogP contribution in [-0.4, -0.2) is 33.4 Å². The third kappa shape index (κ3) is 4.32. The zero-order chi connectivity index (χ0) is 21.8. The summed E-state index contributed by atoms with van der Waals surface area (Å²) in [6.07, 6.45) is 0. The molecule has 0 N–H and O–H groups in total. The second-order valence-corrected chi connectivity index (χ2v) is 8.34. The molecule has 0 radical (unpaired) electrons. The van der Waals surface area contributed by atoms with Crippen LogP contribution < -0.4 is 0 Å². The second-order valence-electron chi connectivity index (χ2n) is 7.48. The number of hydrogen-bond acceptors (Lipinski definition) is 3. The van der Waals surface area contributed by atoms with Crippen LogP contribution >= 0.6 is 11.3 Å². The molecule has 158 valence electrons. The van der Waals surface area contributed by atoms with E-state index in [9.17, 15) is 4.79 Å². The van der Waals surface area contributed by atoms with Crippen molar-refractivity contribution in [3.05, 3.63) is 88.9 Å². The topological polar surface area (TPSA) is 38.1 Å². The maximum Gasteiger partial charge on any atom is 0.255 e. The van der Waals surface area contributed by atoms with E-state index in [1.165, 1.54) is 5.56 Å². The van der Waals surface area contributed by atoms with Crippen molar-refractivity contribution >= 4 is 17.2 Å². The highest BCUT2D eigenvalue weighted by Crippen LogP contribution is 2.32. The first-order chi connectivity index (χ1) is 15.1. The Bertz CT molecular complexity index is 1160. The summed E-state index contributed by atoms with van der Waals surface area (Å²) in [6, 6.07) is 22.6. The van der Waals surface area contributed by atoms with E-state index in [0.717, 1.165) is 33.2 Å². The molecule has 0 bridgehead atoms. The van der Waals surface area contributed by atoms with E-state index in [2.05, 4.69) is 34.2 Å². The molecule has 4 aromatic rings. The lowest BCUT2D eigenvalue weighted by molar-refractivity contribution is 0.0772. The van der Waals surface area contributed by atoms with Gasteiger partial charge in [0.2, 0.25) is 0 Å². The Morgan fingerprint density at radius 1 is 1.00 bits per heavy atom. The monoisotopic (exact) mass is 429 g/mol. The van der Waals surface area contributed by atoms with Crippen molar-refractivity contribution in [2.75, 3.05) is 13.1 Å². The van der Waals surface area contributed by atoms with Gasteiger partial charge in [-0.25, -0.2) is 4.98 Å².